The van der Waals surface area contributed by atoms with Gasteiger partial charge in [-0.1, -0.05) is 6.07 Å². The third-order valence-electron chi connectivity index (χ3n) is 2.50. The molecule has 0 saturated heterocycles. The number of hydrogen-bond acceptors (Lipinski definition) is 5. The van der Waals surface area contributed by atoms with E-state index in [2.05, 4.69) is 9.97 Å². The van der Waals surface area contributed by atoms with E-state index in [1.807, 2.05) is 18.2 Å². The molecular formula is C12H13FN4O. The molecule has 0 amide bonds. The summed E-state index contributed by atoms with van der Waals surface area (Å²) in [6.45, 7) is 0. The molecular weight excluding hydrogens is 235 g/mol. The molecule has 6 heteroatoms. The Morgan fingerprint density at radius 2 is 2.17 bits per heavy atom. The van der Waals surface area contributed by atoms with Crippen LogP contribution in [0, 0.1) is 5.82 Å². The molecule has 0 bridgehead atoms. The Kier molecular flexibility index (Phi) is 3.27. The van der Waals surface area contributed by atoms with Crippen molar-refractivity contribution in [2.45, 2.75) is 0 Å². The number of halogens is 1. The molecule has 0 atom stereocenters. The molecule has 2 aromatic rings. The van der Waals surface area contributed by atoms with E-state index in [1.165, 1.54) is 0 Å². The fraction of sp³-hybridized carbons (Fsp3) is 0.167. The fourth-order valence-electron chi connectivity index (χ4n) is 1.55. The second-order valence-electron chi connectivity index (χ2n) is 3.66. The van der Waals surface area contributed by atoms with E-state index in [-0.39, 0.29) is 11.8 Å². The van der Waals surface area contributed by atoms with E-state index in [9.17, 15) is 4.39 Å². The van der Waals surface area contributed by atoms with E-state index < -0.39 is 5.82 Å². The highest BCUT2D eigenvalue weighted by molar-refractivity contribution is 5.61. The molecule has 0 spiro atoms. The van der Waals surface area contributed by atoms with Crippen molar-refractivity contribution in [1.82, 2.24) is 9.97 Å². The fourth-order valence-corrected chi connectivity index (χ4v) is 1.55. The molecule has 5 nitrogen and oxygen atoms in total. The van der Waals surface area contributed by atoms with Gasteiger partial charge in [0.25, 0.3) is 0 Å². The summed E-state index contributed by atoms with van der Waals surface area (Å²) >= 11 is 0. The molecule has 2 N–H and O–H groups in total. The molecule has 2 rings (SSSR count). The number of aromatic nitrogens is 2. The molecule has 0 saturated carbocycles. The van der Waals surface area contributed by atoms with Gasteiger partial charge in [0.1, 0.15) is 5.75 Å². The van der Waals surface area contributed by atoms with Crippen molar-refractivity contribution in [3.8, 4) is 5.75 Å². The van der Waals surface area contributed by atoms with Crippen LogP contribution in [0.4, 0.5) is 21.8 Å². The Labute approximate surface area is 104 Å². The third-order valence-corrected chi connectivity index (χ3v) is 2.50. The zero-order valence-corrected chi connectivity index (χ0v) is 10.1. The van der Waals surface area contributed by atoms with Crippen LogP contribution in [0.3, 0.4) is 0 Å². The number of benzene rings is 1. The van der Waals surface area contributed by atoms with E-state index >= 15 is 0 Å². The minimum Gasteiger partial charge on any atom is -0.497 e. The predicted molar refractivity (Wildman–Crippen MR) is 67.5 cm³/mol. The molecule has 0 aliphatic carbocycles. The maximum atomic E-state index is 13.6. The van der Waals surface area contributed by atoms with Crippen molar-refractivity contribution in [2.24, 2.45) is 0 Å². The minimum atomic E-state index is -0.533. The van der Waals surface area contributed by atoms with Gasteiger partial charge in [-0.25, -0.2) is 9.37 Å². The summed E-state index contributed by atoms with van der Waals surface area (Å²) in [4.78, 5) is 9.05. The van der Waals surface area contributed by atoms with Crippen LogP contribution in [0.15, 0.2) is 30.5 Å². The van der Waals surface area contributed by atoms with Gasteiger partial charge in [-0.15, -0.1) is 0 Å². The molecule has 0 radical (unpaired) electrons. The first kappa shape index (κ1) is 12.1. The lowest BCUT2D eigenvalue weighted by Gasteiger charge is -2.19. The number of ether oxygens (including phenoxy) is 1. The van der Waals surface area contributed by atoms with Crippen molar-refractivity contribution < 1.29 is 9.13 Å². The average molecular weight is 248 g/mol. The van der Waals surface area contributed by atoms with Gasteiger partial charge in [-0.05, 0) is 12.1 Å². The van der Waals surface area contributed by atoms with Gasteiger partial charge >= 0.3 is 0 Å². The number of rotatable bonds is 3. The first-order valence-electron chi connectivity index (χ1n) is 5.27. The van der Waals surface area contributed by atoms with Crippen LogP contribution < -0.4 is 15.4 Å². The number of nitrogens with zero attached hydrogens (tertiary/aromatic N) is 3. The van der Waals surface area contributed by atoms with E-state index in [0.29, 0.717) is 5.75 Å². The van der Waals surface area contributed by atoms with Crippen molar-refractivity contribution in [3.63, 3.8) is 0 Å². The molecule has 0 aliphatic rings. The van der Waals surface area contributed by atoms with Crippen molar-refractivity contribution in [1.29, 1.82) is 0 Å². The van der Waals surface area contributed by atoms with Crippen LogP contribution in [0.5, 0.6) is 5.75 Å². The first-order chi connectivity index (χ1) is 8.61. The summed E-state index contributed by atoms with van der Waals surface area (Å²) in [5.74, 6) is 0.299. The first-order valence-corrected chi connectivity index (χ1v) is 5.27. The molecule has 94 valence electrons. The van der Waals surface area contributed by atoms with Crippen molar-refractivity contribution in [2.75, 3.05) is 24.8 Å². The second kappa shape index (κ2) is 4.87. The zero-order valence-electron chi connectivity index (χ0n) is 10.1. The van der Waals surface area contributed by atoms with Crippen LogP contribution in [0.2, 0.25) is 0 Å². The number of hydrogen-bond donors (Lipinski definition) is 1. The maximum absolute atomic E-state index is 13.6. The van der Waals surface area contributed by atoms with Crippen LogP contribution in [0.1, 0.15) is 0 Å². The lowest BCUT2D eigenvalue weighted by molar-refractivity contribution is 0.415. The monoisotopic (exact) mass is 248 g/mol. The van der Waals surface area contributed by atoms with Crippen LogP contribution in [-0.4, -0.2) is 24.1 Å². The normalized spacial score (nSPS) is 10.2. The van der Waals surface area contributed by atoms with Crippen LogP contribution in [-0.2, 0) is 0 Å². The standard InChI is InChI=1S/C12H13FN4O/c1-17(8-4-3-5-9(6-8)18-2)11-10(13)7-15-12(14)16-11/h3-7H,1-2H3,(H2,14,15,16). The summed E-state index contributed by atoms with van der Waals surface area (Å²) in [6, 6.07) is 7.22. The zero-order chi connectivity index (χ0) is 13.1. The Morgan fingerprint density at radius 3 is 2.89 bits per heavy atom. The molecule has 18 heavy (non-hydrogen) atoms. The molecule has 1 aromatic carbocycles. The van der Waals surface area contributed by atoms with Crippen molar-refractivity contribution >= 4 is 17.5 Å². The Balaban J connectivity index is 2.40. The maximum Gasteiger partial charge on any atom is 0.222 e. The van der Waals surface area contributed by atoms with Gasteiger partial charge in [0.2, 0.25) is 5.95 Å². The van der Waals surface area contributed by atoms with Crippen molar-refractivity contribution in [3.05, 3.63) is 36.3 Å². The minimum absolute atomic E-state index is 0.0288. The number of nitrogen functional groups attached to an aromatic ring is 1. The smallest absolute Gasteiger partial charge is 0.222 e. The van der Waals surface area contributed by atoms with Crippen LogP contribution in [0.25, 0.3) is 0 Å². The van der Waals surface area contributed by atoms with Gasteiger partial charge in [0.15, 0.2) is 11.6 Å². The quantitative estimate of drug-likeness (QED) is 0.899. The lowest BCUT2D eigenvalue weighted by atomic mass is 10.3. The summed E-state index contributed by atoms with van der Waals surface area (Å²) < 4.78 is 18.8. The summed E-state index contributed by atoms with van der Waals surface area (Å²) in [5.41, 5.74) is 6.20. The highest BCUT2D eigenvalue weighted by Crippen LogP contribution is 2.27. The second-order valence-corrected chi connectivity index (χ2v) is 3.66. The number of anilines is 3. The predicted octanol–water partition coefficient (Wildman–Crippen LogP) is 1.97. The largest absolute Gasteiger partial charge is 0.497 e. The Hall–Kier alpha value is -2.37. The summed E-state index contributed by atoms with van der Waals surface area (Å²) in [7, 11) is 3.27. The topological polar surface area (TPSA) is 64.3 Å². The highest BCUT2D eigenvalue weighted by atomic mass is 19.1. The summed E-state index contributed by atoms with van der Waals surface area (Å²) in [6.07, 6.45) is 1.05. The Bertz CT molecular complexity index is 562. The van der Waals surface area contributed by atoms with Gasteiger partial charge in [-0.2, -0.15) is 4.98 Å². The lowest BCUT2D eigenvalue weighted by Crippen LogP contribution is -2.14. The summed E-state index contributed by atoms with van der Waals surface area (Å²) in [5, 5.41) is 0. The van der Waals surface area contributed by atoms with Gasteiger partial charge < -0.3 is 15.4 Å². The van der Waals surface area contributed by atoms with Gasteiger partial charge in [0, 0.05) is 18.8 Å². The van der Waals surface area contributed by atoms with E-state index in [0.717, 1.165) is 11.9 Å². The molecule has 0 aliphatic heterocycles. The van der Waals surface area contributed by atoms with Gasteiger partial charge in [0.05, 0.1) is 13.3 Å². The molecule has 0 fully saturated rings. The number of nitrogens with two attached hydrogens (primary N) is 1. The molecule has 0 unspecified atom stereocenters. The van der Waals surface area contributed by atoms with E-state index in [1.54, 1.807) is 25.1 Å². The SMILES string of the molecule is COc1cccc(N(C)c2nc(N)ncc2F)c1. The van der Waals surface area contributed by atoms with E-state index in [4.69, 9.17) is 10.5 Å². The number of methoxy groups -OCH3 is 1. The molecule has 1 aromatic heterocycles. The van der Waals surface area contributed by atoms with Crippen LogP contribution >= 0.6 is 0 Å². The average Bonchev–Trinajstić information content (AvgIpc) is 2.41. The highest BCUT2D eigenvalue weighted by Gasteiger charge is 2.12. The Morgan fingerprint density at radius 1 is 1.39 bits per heavy atom. The van der Waals surface area contributed by atoms with Gasteiger partial charge in [-0.3, -0.25) is 0 Å². The third kappa shape index (κ3) is 2.32. The molecule has 1 heterocycles.